The van der Waals surface area contributed by atoms with Crippen LogP contribution in [0.25, 0.3) is 0 Å². The van der Waals surface area contributed by atoms with Crippen molar-refractivity contribution < 1.29 is 14.0 Å². The first-order valence-corrected chi connectivity index (χ1v) is 9.80. The lowest BCUT2D eigenvalue weighted by Gasteiger charge is -2.37. The van der Waals surface area contributed by atoms with Gasteiger partial charge in [-0.2, -0.15) is 0 Å². The number of anilines is 2. The largest absolute Gasteiger partial charge is 0.325 e. The summed E-state index contributed by atoms with van der Waals surface area (Å²) >= 11 is 0. The zero-order valence-electron chi connectivity index (χ0n) is 16.8. The van der Waals surface area contributed by atoms with Gasteiger partial charge in [0.15, 0.2) is 0 Å². The maximum Gasteiger partial charge on any atom is 0.241 e. The van der Waals surface area contributed by atoms with Gasteiger partial charge < -0.3 is 10.6 Å². The second-order valence-electron chi connectivity index (χ2n) is 7.35. The normalized spacial score (nSPS) is 16.2. The first kappa shape index (κ1) is 21.0. The summed E-state index contributed by atoms with van der Waals surface area (Å²) in [6.07, 6.45) is 0. The minimum absolute atomic E-state index is 0.0261. The van der Waals surface area contributed by atoms with Crippen molar-refractivity contribution in [3.8, 4) is 0 Å². The van der Waals surface area contributed by atoms with Gasteiger partial charge in [0.1, 0.15) is 5.82 Å². The molecule has 6 nitrogen and oxygen atoms in total. The topological polar surface area (TPSA) is 64.7 Å². The first-order chi connectivity index (χ1) is 13.9. The lowest BCUT2D eigenvalue weighted by atomic mass is 10.1. The molecule has 0 aromatic heterocycles. The lowest BCUT2D eigenvalue weighted by molar-refractivity contribution is -0.122. The van der Waals surface area contributed by atoms with Crippen LogP contribution >= 0.6 is 0 Å². The van der Waals surface area contributed by atoms with Crippen molar-refractivity contribution in [1.82, 2.24) is 9.80 Å². The number of carbonyl (C=O) groups is 2. The molecular weight excluding hydrogens is 371 g/mol. The summed E-state index contributed by atoms with van der Waals surface area (Å²) in [5.74, 6) is -0.489. The zero-order chi connectivity index (χ0) is 20.8. The van der Waals surface area contributed by atoms with Gasteiger partial charge in [0, 0.05) is 37.6 Å². The molecule has 0 aliphatic carbocycles. The molecular formula is C22H27FN4O2. The fraction of sp³-hybridized carbons (Fsp3) is 0.364. The molecule has 7 heteroatoms. The van der Waals surface area contributed by atoms with Gasteiger partial charge in [-0.3, -0.25) is 19.4 Å². The number of hydrogen-bond acceptors (Lipinski definition) is 4. The third-order valence-electron chi connectivity index (χ3n) is 5.23. The number of halogens is 1. The smallest absolute Gasteiger partial charge is 0.241 e. The molecule has 1 atom stereocenters. The fourth-order valence-corrected chi connectivity index (χ4v) is 3.36. The van der Waals surface area contributed by atoms with Crippen LogP contribution < -0.4 is 10.6 Å². The van der Waals surface area contributed by atoms with Crippen LogP contribution in [0.2, 0.25) is 0 Å². The third kappa shape index (κ3) is 5.85. The van der Waals surface area contributed by atoms with Gasteiger partial charge in [-0.15, -0.1) is 0 Å². The average molecular weight is 398 g/mol. The van der Waals surface area contributed by atoms with E-state index in [2.05, 4.69) is 20.4 Å². The number of carbonyl (C=O) groups excluding carboxylic acids is 2. The minimum atomic E-state index is -0.334. The molecule has 2 aromatic carbocycles. The number of rotatable bonds is 6. The standard InChI is InChI=1S/C22H27FN4O2/c1-16-5-3-4-6-20(16)25-22(29)17(2)27-13-11-26(12-14-27)15-21(28)24-19-9-7-18(23)8-10-19/h3-10,17H,11-15H2,1-2H3,(H,24,28)(H,25,29)/t17-/m1/s1. The summed E-state index contributed by atoms with van der Waals surface area (Å²) in [6, 6.07) is 13.2. The van der Waals surface area contributed by atoms with Gasteiger partial charge in [-0.05, 0) is 49.7 Å². The van der Waals surface area contributed by atoms with Gasteiger partial charge >= 0.3 is 0 Å². The van der Waals surface area contributed by atoms with E-state index in [9.17, 15) is 14.0 Å². The average Bonchev–Trinajstić information content (AvgIpc) is 2.71. The molecule has 1 saturated heterocycles. The Labute approximate surface area is 170 Å². The molecule has 0 spiro atoms. The number of nitrogens with one attached hydrogen (secondary N) is 2. The molecule has 1 fully saturated rings. The van der Waals surface area contributed by atoms with Crippen molar-refractivity contribution in [3.05, 3.63) is 59.9 Å². The Balaban J connectivity index is 1.44. The van der Waals surface area contributed by atoms with Crippen LogP contribution in [0, 0.1) is 12.7 Å². The molecule has 2 aromatic rings. The van der Waals surface area contributed by atoms with Crippen LogP contribution in [0.4, 0.5) is 15.8 Å². The van der Waals surface area contributed by atoms with Gasteiger partial charge in [-0.1, -0.05) is 18.2 Å². The number of piperazine rings is 1. The summed E-state index contributed by atoms with van der Waals surface area (Å²) in [5, 5.41) is 5.77. The molecule has 29 heavy (non-hydrogen) atoms. The predicted octanol–water partition coefficient (Wildman–Crippen LogP) is 2.72. The molecule has 1 aliphatic rings. The highest BCUT2D eigenvalue weighted by Gasteiger charge is 2.26. The maximum absolute atomic E-state index is 12.9. The van der Waals surface area contributed by atoms with Gasteiger partial charge in [0.25, 0.3) is 0 Å². The van der Waals surface area contributed by atoms with Crippen molar-refractivity contribution in [2.75, 3.05) is 43.4 Å². The second kappa shape index (κ2) is 9.62. The van der Waals surface area contributed by atoms with E-state index in [1.54, 1.807) is 12.1 Å². The van der Waals surface area contributed by atoms with E-state index in [1.165, 1.54) is 12.1 Å². The third-order valence-corrected chi connectivity index (χ3v) is 5.23. The molecule has 0 unspecified atom stereocenters. The monoisotopic (exact) mass is 398 g/mol. The molecule has 3 rings (SSSR count). The first-order valence-electron chi connectivity index (χ1n) is 9.80. The van der Waals surface area contributed by atoms with Crippen LogP contribution in [0.5, 0.6) is 0 Å². The number of benzene rings is 2. The molecule has 0 bridgehead atoms. The Morgan fingerprint density at radius 3 is 2.31 bits per heavy atom. The van der Waals surface area contributed by atoms with Crippen LogP contribution in [-0.2, 0) is 9.59 Å². The molecule has 0 radical (unpaired) electrons. The number of aryl methyl sites for hydroxylation is 1. The van der Waals surface area contributed by atoms with Gasteiger partial charge in [-0.25, -0.2) is 4.39 Å². The molecule has 1 aliphatic heterocycles. The lowest BCUT2D eigenvalue weighted by Crippen LogP contribution is -2.53. The van der Waals surface area contributed by atoms with Crippen molar-refractivity contribution >= 4 is 23.2 Å². The highest BCUT2D eigenvalue weighted by molar-refractivity contribution is 5.95. The quantitative estimate of drug-likeness (QED) is 0.785. The predicted molar refractivity (Wildman–Crippen MR) is 112 cm³/mol. The Kier molecular flexibility index (Phi) is 6.95. The van der Waals surface area contributed by atoms with E-state index in [0.29, 0.717) is 31.9 Å². The van der Waals surface area contributed by atoms with Crippen LogP contribution in [0.3, 0.4) is 0 Å². The van der Waals surface area contributed by atoms with Crippen molar-refractivity contribution in [3.63, 3.8) is 0 Å². The minimum Gasteiger partial charge on any atom is -0.325 e. The summed E-state index contributed by atoms with van der Waals surface area (Å²) in [6.45, 7) is 6.99. The SMILES string of the molecule is Cc1ccccc1NC(=O)[C@@H](C)N1CCN(CC(=O)Nc2ccc(F)cc2)CC1. The highest BCUT2D eigenvalue weighted by Crippen LogP contribution is 2.15. The van der Waals surface area contributed by atoms with Crippen LogP contribution in [0.1, 0.15) is 12.5 Å². The number of para-hydroxylation sites is 1. The van der Waals surface area contributed by atoms with E-state index in [4.69, 9.17) is 0 Å². The Morgan fingerprint density at radius 2 is 1.66 bits per heavy atom. The molecule has 1 heterocycles. The van der Waals surface area contributed by atoms with Gasteiger partial charge in [0.05, 0.1) is 12.6 Å². The van der Waals surface area contributed by atoms with Crippen molar-refractivity contribution in [2.45, 2.75) is 19.9 Å². The summed E-state index contributed by atoms with van der Waals surface area (Å²) in [4.78, 5) is 29.0. The summed E-state index contributed by atoms with van der Waals surface area (Å²) in [5.41, 5.74) is 2.45. The molecule has 0 saturated carbocycles. The molecule has 154 valence electrons. The van der Waals surface area contributed by atoms with E-state index in [0.717, 1.165) is 11.3 Å². The van der Waals surface area contributed by atoms with E-state index >= 15 is 0 Å². The summed E-state index contributed by atoms with van der Waals surface area (Å²) < 4.78 is 12.9. The summed E-state index contributed by atoms with van der Waals surface area (Å²) in [7, 11) is 0. The van der Waals surface area contributed by atoms with Crippen molar-refractivity contribution in [1.29, 1.82) is 0 Å². The zero-order valence-corrected chi connectivity index (χ0v) is 16.8. The molecule has 2 amide bonds. The van der Waals surface area contributed by atoms with Gasteiger partial charge in [0.2, 0.25) is 11.8 Å². The Morgan fingerprint density at radius 1 is 1.00 bits per heavy atom. The second-order valence-corrected chi connectivity index (χ2v) is 7.35. The van der Waals surface area contributed by atoms with Crippen molar-refractivity contribution in [2.24, 2.45) is 0 Å². The number of nitrogens with zero attached hydrogens (tertiary/aromatic N) is 2. The number of hydrogen-bond donors (Lipinski definition) is 2. The van der Waals surface area contributed by atoms with Crippen LogP contribution in [0.15, 0.2) is 48.5 Å². The maximum atomic E-state index is 12.9. The highest BCUT2D eigenvalue weighted by atomic mass is 19.1. The van der Waals surface area contributed by atoms with E-state index in [-0.39, 0.29) is 30.2 Å². The van der Waals surface area contributed by atoms with E-state index in [1.807, 2.05) is 38.1 Å². The number of amides is 2. The van der Waals surface area contributed by atoms with E-state index < -0.39 is 0 Å². The molecule has 2 N–H and O–H groups in total. The Bertz CT molecular complexity index is 848. The fourth-order valence-electron chi connectivity index (χ4n) is 3.36. The van der Waals surface area contributed by atoms with Crippen LogP contribution in [-0.4, -0.2) is 60.4 Å². The Hall–Kier alpha value is -2.77.